The Bertz CT molecular complexity index is 776. The normalized spacial score (nSPS) is 19.8. The van der Waals surface area contributed by atoms with Crippen molar-refractivity contribution in [1.29, 1.82) is 0 Å². The minimum Gasteiger partial charge on any atom is -0.381 e. The first-order chi connectivity index (χ1) is 11.9. The lowest BCUT2D eigenvalue weighted by Crippen LogP contribution is -2.38. The van der Waals surface area contributed by atoms with Crippen LogP contribution in [0.3, 0.4) is 0 Å². The van der Waals surface area contributed by atoms with Gasteiger partial charge in [-0.15, -0.1) is 0 Å². The second kappa shape index (κ2) is 6.88. The first-order valence-corrected chi connectivity index (χ1v) is 8.63. The molecule has 2 aromatic rings. The number of rotatable bonds is 4. The predicted molar refractivity (Wildman–Crippen MR) is 98.3 cm³/mol. The van der Waals surface area contributed by atoms with Gasteiger partial charge < -0.3 is 15.4 Å². The molecule has 134 valence electrons. The highest BCUT2D eigenvalue weighted by atomic mass is 16.5. The average Bonchev–Trinajstić information content (AvgIpc) is 3.16. The predicted octanol–water partition coefficient (Wildman–Crippen LogP) is 3.35. The molecule has 0 radical (unpaired) electrons. The summed E-state index contributed by atoms with van der Waals surface area (Å²) in [6, 6.07) is 6.05. The summed E-state index contributed by atoms with van der Waals surface area (Å²) in [6.07, 6.45) is 2.66. The average molecular weight is 342 g/mol. The van der Waals surface area contributed by atoms with E-state index in [4.69, 9.17) is 4.74 Å². The molecule has 1 fully saturated rings. The number of nitrogens with one attached hydrogen (secondary N) is 2. The zero-order valence-electron chi connectivity index (χ0n) is 15.3. The third-order valence-electron chi connectivity index (χ3n) is 4.83. The van der Waals surface area contributed by atoms with Crippen LogP contribution >= 0.6 is 0 Å². The lowest BCUT2D eigenvalue weighted by Gasteiger charge is -2.21. The zero-order valence-corrected chi connectivity index (χ0v) is 15.3. The fourth-order valence-electron chi connectivity index (χ4n) is 3.03. The first kappa shape index (κ1) is 17.5. The molecule has 6 nitrogen and oxygen atoms in total. The minimum absolute atomic E-state index is 0.0231. The molecule has 1 unspecified atom stereocenters. The Morgan fingerprint density at radius 2 is 2.16 bits per heavy atom. The minimum atomic E-state index is -0.211. The molecule has 1 aliphatic heterocycles. The van der Waals surface area contributed by atoms with E-state index < -0.39 is 0 Å². The molecule has 1 atom stereocenters. The number of benzene rings is 1. The van der Waals surface area contributed by atoms with E-state index in [0.29, 0.717) is 18.8 Å². The molecule has 1 aliphatic rings. The van der Waals surface area contributed by atoms with E-state index in [1.54, 1.807) is 6.20 Å². The molecule has 3 rings (SSSR count). The lowest BCUT2D eigenvalue weighted by atomic mass is 9.90. The van der Waals surface area contributed by atoms with Gasteiger partial charge in [0.1, 0.15) is 0 Å². The van der Waals surface area contributed by atoms with E-state index in [2.05, 4.69) is 54.7 Å². The highest BCUT2D eigenvalue weighted by Crippen LogP contribution is 2.26. The van der Waals surface area contributed by atoms with Gasteiger partial charge in [-0.1, -0.05) is 19.1 Å². The van der Waals surface area contributed by atoms with Crippen LogP contribution < -0.4 is 10.6 Å². The van der Waals surface area contributed by atoms with Crippen molar-refractivity contribution in [3.8, 4) is 5.69 Å². The van der Waals surface area contributed by atoms with E-state index in [0.717, 1.165) is 30.0 Å². The second-order valence-electron chi connectivity index (χ2n) is 7.27. The Morgan fingerprint density at radius 3 is 2.88 bits per heavy atom. The van der Waals surface area contributed by atoms with Gasteiger partial charge in [-0.25, -0.2) is 9.48 Å². The van der Waals surface area contributed by atoms with Crippen molar-refractivity contribution in [3.63, 3.8) is 0 Å². The van der Waals surface area contributed by atoms with Crippen molar-refractivity contribution in [1.82, 2.24) is 15.1 Å². The van der Waals surface area contributed by atoms with E-state index in [9.17, 15) is 4.79 Å². The summed E-state index contributed by atoms with van der Waals surface area (Å²) in [7, 11) is 0. The molecule has 1 saturated heterocycles. The molecule has 2 amide bonds. The molecule has 2 N–H and O–H groups in total. The van der Waals surface area contributed by atoms with Crippen molar-refractivity contribution in [2.45, 2.75) is 34.1 Å². The maximum atomic E-state index is 12.2. The molecule has 6 heteroatoms. The van der Waals surface area contributed by atoms with E-state index in [1.807, 2.05) is 11.6 Å². The summed E-state index contributed by atoms with van der Waals surface area (Å²) in [5.41, 5.74) is 4.98. The smallest absolute Gasteiger partial charge is 0.319 e. The third-order valence-corrected chi connectivity index (χ3v) is 4.83. The van der Waals surface area contributed by atoms with Gasteiger partial charge in [0, 0.05) is 18.6 Å². The van der Waals surface area contributed by atoms with Crippen molar-refractivity contribution >= 4 is 11.7 Å². The van der Waals surface area contributed by atoms with Crippen LogP contribution in [0.15, 0.2) is 24.4 Å². The fourth-order valence-corrected chi connectivity index (χ4v) is 3.03. The summed E-state index contributed by atoms with van der Waals surface area (Å²) in [6.45, 7) is 10.3. The van der Waals surface area contributed by atoms with Gasteiger partial charge >= 0.3 is 6.03 Å². The highest BCUT2D eigenvalue weighted by molar-refractivity contribution is 5.89. The molecular weight excluding hydrogens is 316 g/mol. The van der Waals surface area contributed by atoms with Crippen LogP contribution in [0.5, 0.6) is 0 Å². The van der Waals surface area contributed by atoms with Crippen LogP contribution in [-0.2, 0) is 4.74 Å². The summed E-state index contributed by atoms with van der Waals surface area (Å²) >= 11 is 0. The number of carbonyl (C=O) groups is 1. The molecule has 0 aliphatic carbocycles. The number of urea groups is 1. The molecule has 0 bridgehead atoms. The van der Waals surface area contributed by atoms with Gasteiger partial charge in [-0.2, -0.15) is 5.10 Å². The summed E-state index contributed by atoms with van der Waals surface area (Å²) in [5, 5.41) is 10.3. The highest BCUT2D eigenvalue weighted by Gasteiger charge is 2.30. The van der Waals surface area contributed by atoms with Crippen molar-refractivity contribution in [3.05, 3.63) is 41.2 Å². The van der Waals surface area contributed by atoms with Gasteiger partial charge in [0.2, 0.25) is 0 Å². The van der Waals surface area contributed by atoms with Crippen LogP contribution in [0, 0.1) is 26.2 Å². The Labute approximate surface area is 148 Å². The quantitative estimate of drug-likeness (QED) is 0.895. The Hall–Kier alpha value is -2.34. The molecule has 2 heterocycles. The Morgan fingerprint density at radius 1 is 1.36 bits per heavy atom. The van der Waals surface area contributed by atoms with E-state index in [1.165, 1.54) is 5.56 Å². The number of hydrogen-bond donors (Lipinski definition) is 2. The number of anilines is 1. The summed E-state index contributed by atoms with van der Waals surface area (Å²) < 4.78 is 7.28. The Balaban J connectivity index is 1.69. The standard InChI is InChI=1S/C19H26N4O2/c1-13-5-6-14(2)17(9-13)23-15(3)16(10-21-23)22-18(24)20-11-19(4)7-8-25-12-19/h5-6,9-10H,7-8,11-12H2,1-4H3,(H2,20,22,24). The van der Waals surface area contributed by atoms with E-state index in [-0.39, 0.29) is 11.4 Å². The monoisotopic (exact) mass is 342 g/mol. The number of amides is 2. The maximum Gasteiger partial charge on any atom is 0.319 e. The van der Waals surface area contributed by atoms with Crippen molar-refractivity contribution < 1.29 is 9.53 Å². The van der Waals surface area contributed by atoms with Gasteiger partial charge in [0.15, 0.2) is 0 Å². The van der Waals surface area contributed by atoms with Crippen LogP contribution in [0.1, 0.15) is 30.2 Å². The number of carbonyl (C=O) groups excluding carboxylic acids is 1. The van der Waals surface area contributed by atoms with Crippen LogP contribution in [0.2, 0.25) is 0 Å². The van der Waals surface area contributed by atoms with Gasteiger partial charge in [0.05, 0.1) is 29.9 Å². The molecule has 25 heavy (non-hydrogen) atoms. The maximum absolute atomic E-state index is 12.2. The molecule has 1 aromatic heterocycles. The molecule has 1 aromatic carbocycles. The summed E-state index contributed by atoms with van der Waals surface area (Å²) in [5.74, 6) is 0. The largest absolute Gasteiger partial charge is 0.381 e. The zero-order chi connectivity index (χ0) is 18.0. The second-order valence-corrected chi connectivity index (χ2v) is 7.27. The third kappa shape index (κ3) is 3.85. The van der Waals surface area contributed by atoms with Gasteiger partial charge in [-0.3, -0.25) is 0 Å². The van der Waals surface area contributed by atoms with Crippen LogP contribution in [0.25, 0.3) is 5.69 Å². The number of hydrogen-bond acceptors (Lipinski definition) is 3. The van der Waals surface area contributed by atoms with Gasteiger partial charge in [-0.05, 0) is 44.4 Å². The van der Waals surface area contributed by atoms with Crippen LogP contribution in [0.4, 0.5) is 10.5 Å². The first-order valence-electron chi connectivity index (χ1n) is 8.63. The fraction of sp³-hybridized carbons (Fsp3) is 0.474. The Kier molecular flexibility index (Phi) is 4.81. The lowest BCUT2D eigenvalue weighted by molar-refractivity contribution is 0.159. The number of nitrogens with zero attached hydrogens (tertiary/aromatic N) is 2. The number of aryl methyl sites for hydroxylation is 2. The topological polar surface area (TPSA) is 68.2 Å². The van der Waals surface area contributed by atoms with Gasteiger partial charge in [0.25, 0.3) is 0 Å². The SMILES string of the molecule is Cc1ccc(C)c(-n2ncc(NC(=O)NCC3(C)CCOC3)c2C)c1. The van der Waals surface area contributed by atoms with Crippen molar-refractivity contribution in [2.75, 3.05) is 25.1 Å². The number of aromatic nitrogens is 2. The molecule has 0 saturated carbocycles. The van der Waals surface area contributed by atoms with E-state index >= 15 is 0 Å². The number of ether oxygens (including phenoxy) is 1. The van der Waals surface area contributed by atoms with Crippen molar-refractivity contribution in [2.24, 2.45) is 5.41 Å². The van der Waals surface area contributed by atoms with Crippen LogP contribution in [-0.4, -0.2) is 35.6 Å². The summed E-state index contributed by atoms with van der Waals surface area (Å²) in [4.78, 5) is 12.2. The molecule has 0 spiro atoms. The molecular formula is C19H26N4O2.